The molecule has 1 aliphatic carbocycles. The fraction of sp³-hybridized carbons (Fsp3) is 0.636. The van der Waals surface area contributed by atoms with Crippen molar-refractivity contribution in [1.29, 1.82) is 0 Å². The molecule has 1 aromatic heterocycles. The van der Waals surface area contributed by atoms with Crippen LogP contribution in [0.4, 0.5) is 0 Å². The van der Waals surface area contributed by atoms with Gasteiger partial charge in [0, 0.05) is 15.9 Å². The largest absolute Gasteiger partial charge is 0.329 e. The molecule has 1 aromatic rings. The van der Waals surface area contributed by atoms with Crippen LogP contribution in [-0.4, -0.2) is 13.1 Å². The number of hydrogen-bond acceptors (Lipinski definition) is 3. The molecule has 5 heteroatoms. The van der Waals surface area contributed by atoms with E-state index >= 15 is 0 Å². The molecule has 90 valence electrons. The Hall–Kier alpha value is 0.580. The molecule has 3 N–H and O–H groups in total. The summed E-state index contributed by atoms with van der Waals surface area (Å²) in [6.07, 6.45) is 4.14. The highest BCUT2D eigenvalue weighted by molar-refractivity contribution is 9.13. The highest BCUT2D eigenvalue weighted by Gasteiger charge is 2.21. The first-order chi connectivity index (χ1) is 7.70. The Morgan fingerprint density at radius 1 is 1.50 bits per heavy atom. The maximum absolute atomic E-state index is 5.81. The van der Waals surface area contributed by atoms with Gasteiger partial charge < -0.3 is 11.1 Å². The lowest BCUT2D eigenvalue weighted by Crippen LogP contribution is -2.28. The molecular weight excluding hydrogens is 352 g/mol. The van der Waals surface area contributed by atoms with E-state index in [4.69, 9.17) is 5.73 Å². The summed E-state index contributed by atoms with van der Waals surface area (Å²) in [5, 5.41) is 3.54. The zero-order valence-corrected chi connectivity index (χ0v) is 13.0. The van der Waals surface area contributed by atoms with Gasteiger partial charge in [-0.05, 0) is 56.8 Å². The van der Waals surface area contributed by atoms with Gasteiger partial charge in [-0.3, -0.25) is 0 Å². The molecule has 1 unspecified atom stereocenters. The number of rotatable bonds is 6. The number of halogens is 2. The molecule has 0 amide bonds. The van der Waals surface area contributed by atoms with Gasteiger partial charge in [0.15, 0.2) is 0 Å². The van der Waals surface area contributed by atoms with Crippen molar-refractivity contribution < 1.29 is 0 Å². The fourth-order valence-corrected chi connectivity index (χ4v) is 3.88. The summed E-state index contributed by atoms with van der Waals surface area (Å²) in [7, 11) is 0. The third-order valence-electron chi connectivity index (χ3n) is 2.88. The van der Waals surface area contributed by atoms with Crippen molar-refractivity contribution in [3.05, 3.63) is 19.2 Å². The Kier molecular flexibility index (Phi) is 4.85. The van der Waals surface area contributed by atoms with E-state index < -0.39 is 0 Å². The summed E-state index contributed by atoms with van der Waals surface area (Å²) in [5.74, 6) is 0.979. The maximum Gasteiger partial charge on any atom is 0.0843 e. The third kappa shape index (κ3) is 3.53. The van der Waals surface area contributed by atoms with E-state index in [9.17, 15) is 0 Å². The van der Waals surface area contributed by atoms with Crippen molar-refractivity contribution in [1.82, 2.24) is 5.32 Å². The van der Waals surface area contributed by atoms with Crippen LogP contribution in [0.25, 0.3) is 0 Å². The lowest BCUT2D eigenvalue weighted by Gasteiger charge is -2.14. The summed E-state index contributed by atoms with van der Waals surface area (Å²) in [6.45, 7) is 1.74. The van der Waals surface area contributed by atoms with Crippen molar-refractivity contribution >= 4 is 43.2 Å². The summed E-state index contributed by atoms with van der Waals surface area (Å²) >= 11 is 8.78. The molecule has 0 aliphatic heterocycles. The van der Waals surface area contributed by atoms with Gasteiger partial charge >= 0.3 is 0 Å². The van der Waals surface area contributed by atoms with E-state index in [1.807, 2.05) is 0 Å². The quantitative estimate of drug-likeness (QED) is 0.805. The van der Waals surface area contributed by atoms with Gasteiger partial charge in [0.05, 0.1) is 9.83 Å². The second kappa shape index (κ2) is 5.96. The van der Waals surface area contributed by atoms with Gasteiger partial charge in [0.1, 0.15) is 0 Å². The number of nitrogens with one attached hydrogen (secondary N) is 1. The van der Waals surface area contributed by atoms with Crippen LogP contribution in [0.1, 0.15) is 30.2 Å². The van der Waals surface area contributed by atoms with Crippen molar-refractivity contribution in [2.75, 3.05) is 13.1 Å². The van der Waals surface area contributed by atoms with Crippen LogP contribution in [0.2, 0.25) is 0 Å². The summed E-state index contributed by atoms with van der Waals surface area (Å²) < 4.78 is 2.26. The Balaban J connectivity index is 1.87. The predicted octanol–water partition coefficient (Wildman–Crippen LogP) is 3.66. The second-order valence-corrected chi connectivity index (χ2v) is 7.50. The monoisotopic (exact) mass is 366 g/mol. The number of hydrogen-bond donors (Lipinski definition) is 2. The molecule has 1 atom stereocenters. The van der Waals surface area contributed by atoms with E-state index in [-0.39, 0.29) is 0 Å². The summed E-state index contributed by atoms with van der Waals surface area (Å²) in [6, 6.07) is 2.45. The average Bonchev–Trinajstić information content (AvgIpc) is 3.02. The molecular formula is C11H16Br2N2S. The van der Waals surface area contributed by atoms with Gasteiger partial charge in [-0.15, -0.1) is 11.3 Å². The van der Waals surface area contributed by atoms with E-state index in [0.29, 0.717) is 12.6 Å². The molecule has 2 rings (SSSR count). The zero-order chi connectivity index (χ0) is 11.5. The van der Waals surface area contributed by atoms with Gasteiger partial charge in [0.2, 0.25) is 0 Å². The minimum absolute atomic E-state index is 0.298. The van der Waals surface area contributed by atoms with Crippen LogP contribution < -0.4 is 11.1 Å². The number of nitrogens with two attached hydrogens (primary N) is 1. The highest BCUT2D eigenvalue weighted by atomic mass is 79.9. The Morgan fingerprint density at radius 2 is 2.25 bits per heavy atom. The van der Waals surface area contributed by atoms with Crippen LogP contribution in [0.5, 0.6) is 0 Å². The fourth-order valence-electron chi connectivity index (χ4n) is 1.70. The van der Waals surface area contributed by atoms with Crippen LogP contribution in [0.15, 0.2) is 14.3 Å². The lowest BCUT2D eigenvalue weighted by molar-refractivity contribution is 0.522. The molecule has 1 saturated carbocycles. The maximum atomic E-state index is 5.81. The molecule has 1 fully saturated rings. The molecule has 16 heavy (non-hydrogen) atoms. The summed E-state index contributed by atoms with van der Waals surface area (Å²) in [4.78, 5) is 1.30. The smallest absolute Gasteiger partial charge is 0.0843 e. The number of thiophene rings is 1. The summed E-state index contributed by atoms with van der Waals surface area (Å²) in [5.41, 5.74) is 5.81. The molecule has 0 aromatic carbocycles. The van der Waals surface area contributed by atoms with Crippen LogP contribution in [0.3, 0.4) is 0 Å². The van der Waals surface area contributed by atoms with Crippen LogP contribution in [-0.2, 0) is 0 Å². The minimum atomic E-state index is 0.298. The van der Waals surface area contributed by atoms with Gasteiger partial charge in [-0.1, -0.05) is 12.8 Å². The first kappa shape index (κ1) is 13.0. The van der Waals surface area contributed by atoms with Gasteiger partial charge in [-0.25, -0.2) is 0 Å². The molecule has 0 bridgehead atoms. The van der Waals surface area contributed by atoms with Gasteiger partial charge in [0.25, 0.3) is 0 Å². The van der Waals surface area contributed by atoms with E-state index in [0.717, 1.165) is 20.7 Å². The van der Waals surface area contributed by atoms with Crippen LogP contribution >= 0.6 is 43.2 Å². The molecule has 1 aliphatic rings. The normalized spacial score (nSPS) is 17.7. The molecule has 0 radical (unpaired) electrons. The highest BCUT2D eigenvalue weighted by Crippen LogP contribution is 2.35. The van der Waals surface area contributed by atoms with Crippen LogP contribution in [0, 0.1) is 5.92 Å². The van der Waals surface area contributed by atoms with Crippen molar-refractivity contribution in [2.24, 2.45) is 11.7 Å². The van der Waals surface area contributed by atoms with Crippen molar-refractivity contribution in [3.8, 4) is 0 Å². The topological polar surface area (TPSA) is 38.0 Å². The SMILES string of the molecule is NCC(NCCC1CC1)c1cc(Br)c(Br)s1. The van der Waals surface area contributed by atoms with E-state index in [1.54, 1.807) is 11.3 Å². The second-order valence-electron chi connectivity index (χ2n) is 4.24. The average molecular weight is 368 g/mol. The molecule has 1 heterocycles. The van der Waals surface area contributed by atoms with E-state index in [1.165, 1.54) is 24.1 Å². The zero-order valence-electron chi connectivity index (χ0n) is 9.01. The molecule has 2 nitrogen and oxygen atoms in total. The lowest BCUT2D eigenvalue weighted by atomic mass is 10.2. The third-order valence-corrected chi connectivity index (χ3v) is 6.25. The first-order valence-corrected chi connectivity index (χ1v) is 7.99. The first-order valence-electron chi connectivity index (χ1n) is 5.59. The molecule has 0 spiro atoms. The Labute approximate surface area is 117 Å². The standard InChI is InChI=1S/C11H16Br2N2S/c12-8-5-10(16-11(8)13)9(6-14)15-4-3-7-1-2-7/h5,7,9,15H,1-4,6,14H2. The Morgan fingerprint density at radius 3 is 2.75 bits per heavy atom. The van der Waals surface area contributed by atoms with E-state index in [2.05, 4.69) is 43.2 Å². The predicted molar refractivity (Wildman–Crippen MR) is 76.9 cm³/mol. The molecule has 0 saturated heterocycles. The Bertz CT molecular complexity index is 330. The van der Waals surface area contributed by atoms with Crippen molar-refractivity contribution in [2.45, 2.75) is 25.3 Å². The van der Waals surface area contributed by atoms with Crippen molar-refractivity contribution in [3.63, 3.8) is 0 Å². The minimum Gasteiger partial charge on any atom is -0.329 e. The van der Waals surface area contributed by atoms with Gasteiger partial charge in [-0.2, -0.15) is 0 Å².